The van der Waals surface area contributed by atoms with Crippen molar-refractivity contribution in [1.82, 2.24) is 10.2 Å². The Bertz CT molecular complexity index is 184. The molecule has 3 nitrogen and oxygen atoms in total. The van der Waals surface area contributed by atoms with Crippen LogP contribution in [0.5, 0.6) is 0 Å². The fraction of sp³-hybridized carbons (Fsp3) is 1.00. The van der Waals surface area contributed by atoms with Crippen molar-refractivity contribution in [2.45, 2.75) is 37.8 Å². The van der Waals surface area contributed by atoms with E-state index in [1.165, 1.54) is 45.3 Å². The van der Waals surface area contributed by atoms with Crippen molar-refractivity contribution >= 4 is 0 Å². The van der Waals surface area contributed by atoms with Crippen LogP contribution in [-0.4, -0.2) is 50.8 Å². The van der Waals surface area contributed by atoms with Crippen molar-refractivity contribution in [1.29, 1.82) is 0 Å². The molecule has 2 rings (SSSR count). The molecule has 2 aliphatic rings. The number of methoxy groups -OCH3 is 1. The van der Waals surface area contributed by atoms with Crippen LogP contribution in [0.3, 0.4) is 0 Å². The summed E-state index contributed by atoms with van der Waals surface area (Å²) in [6.45, 7) is 3.79. The van der Waals surface area contributed by atoms with Gasteiger partial charge in [-0.25, -0.2) is 0 Å². The molecule has 15 heavy (non-hydrogen) atoms. The number of hydrogen-bond donors (Lipinski definition) is 1. The van der Waals surface area contributed by atoms with E-state index in [0.717, 1.165) is 12.0 Å². The zero-order chi connectivity index (χ0) is 10.7. The minimum Gasteiger partial charge on any atom is -0.381 e. The lowest BCUT2D eigenvalue weighted by Gasteiger charge is -2.45. The first-order valence-electron chi connectivity index (χ1n) is 6.25. The normalized spacial score (nSPS) is 34.0. The second-order valence-corrected chi connectivity index (χ2v) is 5.02. The molecule has 3 heteroatoms. The lowest BCUT2D eigenvalue weighted by molar-refractivity contribution is -0.0361. The molecule has 0 radical (unpaired) electrons. The van der Waals surface area contributed by atoms with Crippen LogP contribution in [0.2, 0.25) is 0 Å². The van der Waals surface area contributed by atoms with Crippen molar-refractivity contribution in [2.24, 2.45) is 5.92 Å². The molecule has 1 heterocycles. The predicted molar refractivity (Wildman–Crippen MR) is 62.0 cm³/mol. The number of nitrogens with one attached hydrogen (secondary N) is 1. The number of ether oxygens (including phenoxy) is 1. The van der Waals surface area contributed by atoms with E-state index in [4.69, 9.17) is 4.74 Å². The lowest BCUT2D eigenvalue weighted by Crippen LogP contribution is -2.51. The summed E-state index contributed by atoms with van der Waals surface area (Å²) >= 11 is 0. The second-order valence-electron chi connectivity index (χ2n) is 5.02. The molecule has 0 amide bonds. The third kappa shape index (κ3) is 2.71. The molecule has 1 aliphatic heterocycles. The smallest absolute Gasteiger partial charge is 0.0601 e. The Labute approximate surface area is 93.2 Å². The van der Waals surface area contributed by atoms with E-state index in [-0.39, 0.29) is 0 Å². The highest BCUT2D eigenvalue weighted by atomic mass is 16.5. The van der Waals surface area contributed by atoms with Gasteiger partial charge in [0.2, 0.25) is 0 Å². The minimum absolute atomic E-state index is 0.546. The van der Waals surface area contributed by atoms with Gasteiger partial charge in [-0.05, 0) is 58.3 Å². The molecular formula is C12H24N2O. The zero-order valence-electron chi connectivity index (χ0n) is 10.0. The molecule has 0 unspecified atom stereocenters. The molecule has 0 spiro atoms. The number of likely N-dealkylation sites (tertiary alicyclic amines) is 1. The van der Waals surface area contributed by atoms with Gasteiger partial charge in [0, 0.05) is 13.2 Å². The van der Waals surface area contributed by atoms with E-state index in [1.807, 2.05) is 7.11 Å². The van der Waals surface area contributed by atoms with Crippen LogP contribution in [0, 0.1) is 5.92 Å². The Morgan fingerprint density at radius 1 is 1.27 bits per heavy atom. The summed E-state index contributed by atoms with van der Waals surface area (Å²) in [6, 6.07) is 0.825. The van der Waals surface area contributed by atoms with Crippen LogP contribution < -0.4 is 5.32 Å². The Morgan fingerprint density at radius 2 is 1.93 bits per heavy atom. The van der Waals surface area contributed by atoms with E-state index < -0.39 is 0 Å². The van der Waals surface area contributed by atoms with Crippen LogP contribution in [0.4, 0.5) is 0 Å². The summed E-state index contributed by atoms with van der Waals surface area (Å²) in [5, 5.41) is 3.29. The van der Waals surface area contributed by atoms with Crippen LogP contribution in [0.25, 0.3) is 0 Å². The van der Waals surface area contributed by atoms with Gasteiger partial charge in [0.25, 0.3) is 0 Å². The molecule has 0 aromatic heterocycles. The van der Waals surface area contributed by atoms with Gasteiger partial charge in [-0.3, -0.25) is 0 Å². The van der Waals surface area contributed by atoms with Gasteiger partial charge >= 0.3 is 0 Å². The van der Waals surface area contributed by atoms with Gasteiger partial charge < -0.3 is 15.0 Å². The van der Waals surface area contributed by atoms with Crippen LogP contribution >= 0.6 is 0 Å². The first-order valence-corrected chi connectivity index (χ1v) is 6.25. The largest absolute Gasteiger partial charge is 0.381 e. The Hall–Kier alpha value is -0.120. The standard InChI is InChI=1S/C12H24N2O/c1-13-9-10-3-5-14(6-4-10)11-7-12(8-11)15-2/h10-13H,3-9H2,1-2H3. The third-order valence-corrected chi connectivity index (χ3v) is 4.06. The molecule has 1 aliphatic carbocycles. The molecule has 0 atom stereocenters. The summed E-state index contributed by atoms with van der Waals surface area (Å²) in [4.78, 5) is 2.67. The topological polar surface area (TPSA) is 24.5 Å². The van der Waals surface area contributed by atoms with E-state index in [1.54, 1.807) is 0 Å². The highest BCUT2D eigenvalue weighted by molar-refractivity contribution is 4.90. The monoisotopic (exact) mass is 212 g/mol. The molecule has 2 fully saturated rings. The highest BCUT2D eigenvalue weighted by Gasteiger charge is 2.35. The second kappa shape index (κ2) is 5.28. The first kappa shape index (κ1) is 11.4. The maximum Gasteiger partial charge on any atom is 0.0601 e. The van der Waals surface area contributed by atoms with E-state index in [2.05, 4.69) is 17.3 Å². The summed E-state index contributed by atoms with van der Waals surface area (Å²) in [5.74, 6) is 0.907. The molecule has 88 valence electrons. The van der Waals surface area contributed by atoms with Gasteiger partial charge in [0.05, 0.1) is 6.10 Å². The Balaban J connectivity index is 1.66. The number of nitrogens with zero attached hydrogens (tertiary/aromatic N) is 1. The molecule has 0 aromatic rings. The van der Waals surface area contributed by atoms with Crippen molar-refractivity contribution in [3.05, 3.63) is 0 Å². The number of hydrogen-bond acceptors (Lipinski definition) is 3. The van der Waals surface area contributed by atoms with Crippen LogP contribution in [0.15, 0.2) is 0 Å². The summed E-state index contributed by atoms with van der Waals surface area (Å²) in [7, 11) is 3.89. The van der Waals surface area contributed by atoms with E-state index in [0.29, 0.717) is 6.10 Å². The highest BCUT2D eigenvalue weighted by Crippen LogP contribution is 2.30. The van der Waals surface area contributed by atoms with Crippen molar-refractivity contribution < 1.29 is 4.74 Å². The Kier molecular flexibility index (Phi) is 4.00. The number of rotatable bonds is 4. The fourth-order valence-electron chi connectivity index (χ4n) is 2.84. The molecule has 1 saturated heterocycles. The van der Waals surface area contributed by atoms with Gasteiger partial charge in [-0.2, -0.15) is 0 Å². The van der Waals surface area contributed by atoms with Gasteiger partial charge in [-0.1, -0.05) is 0 Å². The summed E-state index contributed by atoms with van der Waals surface area (Å²) in [5.41, 5.74) is 0. The van der Waals surface area contributed by atoms with Crippen LogP contribution in [0.1, 0.15) is 25.7 Å². The lowest BCUT2D eigenvalue weighted by atomic mass is 9.85. The summed E-state index contributed by atoms with van der Waals surface area (Å²) in [6.07, 6.45) is 5.80. The first-order chi connectivity index (χ1) is 7.33. The molecule has 1 N–H and O–H groups in total. The Morgan fingerprint density at radius 3 is 2.47 bits per heavy atom. The molecule has 1 saturated carbocycles. The fourth-order valence-corrected chi connectivity index (χ4v) is 2.84. The van der Waals surface area contributed by atoms with E-state index in [9.17, 15) is 0 Å². The zero-order valence-corrected chi connectivity index (χ0v) is 10.0. The van der Waals surface area contributed by atoms with Crippen molar-refractivity contribution in [2.75, 3.05) is 33.8 Å². The average Bonchev–Trinajstić information content (AvgIpc) is 2.19. The van der Waals surface area contributed by atoms with Gasteiger partial charge in [0.15, 0.2) is 0 Å². The third-order valence-electron chi connectivity index (χ3n) is 4.06. The molecular weight excluding hydrogens is 188 g/mol. The average molecular weight is 212 g/mol. The van der Waals surface area contributed by atoms with E-state index >= 15 is 0 Å². The molecule has 0 bridgehead atoms. The minimum atomic E-state index is 0.546. The maximum atomic E-state index is 5.33. The van der Waals surface area contributed by atoms with Gasteiger partial charge in [-0.15, -0.1) is 0 Å². The van der Waals surface area contributed by atoms with Gasteiger partial charge in [0.1, 0.15) is 0 Å². The van der Waals surface area contributed by atoms with Crippen LogP contribution in [-0.2, 0) is 4.74 Å². The number of piperidine rings is 1. The van der Waals surface area contributed by atoms with Crippen molar-refractivity contribution in [3.8, 4) is 0 Å². The SMILES string of the molecule is CNCC1CCN(C2CC(OC)C2)CC1. The quantitative estimate of drug-likeness (QED) is 0.755. The predicted octanol–water partition coefficient (Wildman–Crippen LogP) is 1.10. The summed E-state index contributed by atoms with van der Waals surface area (Å²) < 4.78 is 5.33. The maximum absolute atomic E-state index is 5.33. The van der Waals surface area contributed by atoms with Crippen molar-refractivity contribution in [3.63, 3.8) is 0 Å². The molecule has 0 aromatic carbocycles.